The lowest BCUT2D eigenvalue weighted by Crippen LogP contribution is -2.37. The molecule has 0 aliphatic rings. The molecule has 2 aromatic carbocycles. The Morgan fingerprint density at radius 1 is 0.909 bits per heavy atom. The van der Waals surface area contributed by atoms with Crippen molar-refractivity contribution in [3.63, 3.8) is 0 Å². The SMILES string of the molecule is CCCCCCCNC(=O)N(C)c1cccc(-c2ccc(C(CCC)C(=O)OCC)cc2)c1. The van der Waals surface area contributed by atoms with Gasteiger partial charge in [-0.05, 0) is 48.6 Å². The van der Waals surface area contributed by atoms with Gasteiger partial charge in [0.1, 0.15) is 0 Å². The Morgan fingerprint density at radius 2 is 1.64 bits per heavy atom. The number of urea groups is 1. The van der Waals surface area contributed by atoms with Crippen LogP contribution in [0, 0.1) is 0 Å². The molecule has 2 rings (SSSR count). The summed E-state index contributed by atoms with van der Waals surface area (Å²) in [5.74, 6) is -0.390. The van der Waals surface area contributed by atoms with Crippen molar-refractivity contribution in [1.29, 1.82) is 0 Å². The van der Waals surface area contributed by atoms with Crippen molar-refractivity contribution in [3.8, 4) is 11.1 Å². The van der Waals surface area contributed by atoms with E-state index in [9.17, 15) is 9.59 Å². The number of anilines is 1. The first-order chi connectivity index (χ1) is 16.0. The van der Waals surface area contributed by atoms with Crippen LogP contribution in [-0.4, -0.2) is 32.2 Å². The van der Waals surface area contributed by atoms with E-state index in [2.05, 4.69) is 19.2 Å². The lowest BCUT2D eigenvalue weighted by molar-refractivity contribution is -0.145. The van der Waals surface area contributed by atoms with Crippen LogP contribution in [0.1, 0.15) is 77.2 Å². The van der Waals surface area contributed by atoms with E-state index in [1.807, 2.05) is 55.5 Å². The summed E-state index contributed by atoms with van der Waals surface area (Å²) in [4.78, 5) is 26.6. The molecule has 33 heavy (non-hydrogen) atoms. The van der Waals surface area contributed by atoms with Crippen molar-refractivity contribution in [3.05, 3.63) is 54.1 Å². The van der Waals surface area contributed by atoms with Crippen molar-refractivity contribution in [2.75, 3.05) is 25.1 Å². The molecule has 0 aliphatic heterocycles. The largest absolute Gasteiger partial charge is 0.466 e. The topological polar surface area (TPSA) is 58.6 Å². The van der Waals surface area contributed by atoms with Gasteiger partial charge in [-0.2, -0.15) is 0 Å². The minimum atomic E-state index is -0.230. The van der Waals surface area contributed by atoms with Gasteiger partial charge in [-0.1, -0.05) is 82.3 Å². The van der Waals surface area contributed by atoms with Crippen LogP contribution in [-0.2, 0) is 9.53 Å². The predicted octanol–water partition coefficient (Wildman–Crippen LogP) is 6.92. The molecular weight excluding hydrogens is 412 g/mol. The van der Waals surface area contributed by atoms with Crippen LogP contribution in [0.2, 0.25) is 0 Å². The average molecular weight is 453 g/mol. The summed E-state index contributed by atoms with van der Waals surface area (Å²) in [5, 5.41) is 3.01. The van der Waals surface area contributed by atoms with Crippen molar-refractivity contribution in [2.24, 2.45) is 0 Å². The molecule has 0 aliphatic carbocycles. The predicted molar refractivity (Wildman–Crippen MR) is 137 cm³/mol. The van der Waals surface area contributed by atoms with Crippen LogP contribution >= 0.6 is 0 Å². The normalized spacial score (nSPS) is 11.6. The molecule has 1 atom stereocenters. The van der Waals surface area contributed by atoms with Gasteiger partial charge in [-0.3, -0.25) is 9.69 Å². The quantitative estimate of drug-likeness (QED) is 0.265. The zero-order chi connectivity index (χ0) is 24.1. The van der Waals surface area contributed by atoms with Gasteiger partial charge in [0.05, 0.1) is 12.5 Å². The summed E-state index contributed by atoms with van der Waals surface area (Å²) in [6.07, 6.45) is 7.55. The van der Waals surface area contributed by atoms with E-state index in [0.29, 0.717) is 13.2 Å². The highest BCUT2D eigenvalue weighted by atomic mass is 16.5. The lowest BCUT2D eigenvalue weighted by atomic mass is 9.92. The third kappa shape index (κ3) is 8.23. The van der Waals surface area contributed by atoms with E-state index in [-0.39, 0.29) is 17.9 Å². The lowest BCUT2D eigenvalue weighted by Gasteiger charge is -2.19. The third-order valence-corrected chi connectivity index (χ3v) is 5.89. The van der Waals surface area contributed by atoms with Crippen LogP contribution in [0.25, 0.3) is 11.1 Å². The second-order valence-electron chi connectivity index (χ2n) is 8.47. The van der Waals surface area contributed by atoms with Crippen LogP contribution in [0.5, 0.6) is 0 Å². The van der Waals surface area contributed by atoms with E-state index in [4.69, 9.17) is 4.74 Å². The first kappa shape index (κ1) is 26.4. The number of nitrogens with zero attached hydrogens (tertiary/aromatic N) is 1. The summed E-state index contributed by atoms with van der Waals surface area (Å²) in [5.41, 5.74) is 3.90. The molecule has 5 heteroatoms. The summed E-state index contributed by atoms with van der Waals surface area (Å²) >= 11 is 0. The van der Waals surface area contributed by atoms with Crippen LogP contribution in [0.4, 0.5) is 10.5 Å². The summed E-state index contributed by atoms with van der Waals surface area (Å²) < 4.78 is 5.26. The average Bonchev–Trinajstić information content (AvgIpc) is 2.84. The molecule has 0 saturated carbocycles. The highest BCUT2D eigenvalue weighted by molar-refractivity contribution is 5.92. The fourth-order valence-corrected chi connectivity index (χ4v) is 3.91. The van der Waals surface area contributed by atoms with Crippen LogP contribution < -0.4 is 10.2 Å². The number of nitrogens with one attached hydrogen (secondary N) is 1. The van der Waals surface area contributed by atoms with Crippen molar-refractivity contribution < 1.29 is 14.3 Å². The van der Waals surface area contributed by atoms with Crippen molar-refractivity contribution in [1.82, 2.24) is 5.32 Å². The molecule has 2 amide bonds. The number of carbonyl (C=O) groups excluding carboxylic acids is 2. The molecule has 0 heterocycles. The summed E-state index contributed by atoms with van der Waals surface area (Å²) in [7, 11) is 1.79. The zero-order valence-corrected chi connectivity index (χ0v) is 20.7. The van der Waals surface area contributed by atoms with Gasteiger partial charge in [0, 0.05) is 19.3 Å². The number of unbranched alkanes of at least 4 members (excludes halogenated alkanes) is 4. The maximum absolute atomic E-state index is 12.5. The van der Waals surface area contributed by atoms with E-state index >= 15 is 0 Å². The smallest absolute Gasteiger partial charge is 0.321 e. The monoisotopic (exact) mass is 452 g/mol. The number of ether oxygens (including phenoxy) is 1. The van der Waals surface area contributed by atoms with Crippen molar-refractivity contribution in [2.45, 2.75) is 71.6 Å². The number of carbonyl (C=O) groups is 2. The molecule has 0 saturated heterocycles. The Labute approximate surface area is 199 Å². The Bertz CT molecular complexity index is 864. The van der Waals surface area contributed by atoms with Gasteiger partial charge in [0.15, 0.2) is 0 Å². The highest BCUT2D eigenvalue weighted by Gasteiger charge is 2.21. The Kier molecular flexibility index (Phi) is 11.5. The second kappa shape index (κ2) is 14.4. The van der Waals surface area contributed by atoms with Gasteiger partial charge in [-0.25, -0.2) is 4.79 Å². The first-order valence-electron chi connectivity index (χ1n) is 12.4. The fourth-order valence-electron chi connectivity index (χ4n) is 3.91. The Morgan fingerprint density at radius 3 is 2.30 bits per heavy atom. The maximum atomic E-state index is 12.5. The first-order valence-corrected chi connectivity index (χ1v) is 12.4. The number of rotatable bonds is 13. The second-order valence-corrected chi connectivity index (χ2v) is 8.47. The minimum Gasteiger partial charge on any atom is -0.466 e. The van der Waals surface area contributed by atoms with Crippen molar-refractivity contribution >= 4 is 17.7 Å². The number of hydrogen-bond acceptors (Lipinski definition) is 3. The van der Waals surface area contributed by atoms with Gasteiger partial charge >= 0.3 is 12.0 Å². The number of esters is 1. The molecule has 5 nitrogen and oxygen atoms in total. The maximum Gasteiger partial charge on any atom is 0.321 e. The van der Waals surface area contributed by atoms with E-state index in [1.165, 1.54) is 19.3 Å². The van der Waals surface area contributed by atoms with E-state index < -0.39 is 0 Å². The molecule has 0 aromatic heterocycles. The molecular formula is C28H40N2O3. The zero-order valence-electron chi connectivity index (χ0n) is 20.7. The number of hydrogen-bond donors (Lipinski definition) is 1. The molecule has 0 fully saturated rings. The minimum absolute atomic E-state index is 0.0881. The van der Waals surface area contributed by atoms with Gasteiger partial charge in [0.25, 0.3) is 0 Å². The van der Waals surface area contributed by atoms with Gasteiger partial charge < -0.3 is 10.1 Å². The third-order valence-electron chi connectivity index (χ3n) is 5.89. The molecule has 0 spiro atoms. The fraction of sp³-hybridized carbons (Fsp3) is 0.500. The van der Waals surface area contributed by atoms with Gasteiger partial charge in [-0.15, -0.1) is 0 Å². The van der Waals surface area contributed by atoms with Crippen LogP contribution in [0.3, 0.4) is 0 Å². The number of amides is 2. The van der Waals surface area contributed by atoms with Crippen LogP contribution in [0.15, 0.2) is 48.5 Å². The van der Waals surface area contributed by atoms with Gasteiger partial charge in [0.2, 0.25) is 0 Å². The molecule has 1 N–H and O–H groups in total. The molecule has 2 aromatic rings. The summed E-state index contributed by atoms with van der Waals surface area (Å²) in [6, 6.07) is 16.0. The highest BCUT2D eigenvalue weighted by Crippen LogP contribution is 2.28. The molecule has 180 valence electrons. The van der Waals surface area contributed by atoms with E-state index in [0.717, 1.165) is 48.1 Å². The summed E-state index contributed by atoms with van der Waals surface area (Å²) in [6.45, 7) is 7.20. The molecule has 1 unspecified atom stereocenters. The number of benzene rings is 2. The van der Waals surface area contributed by atoms with E-state index in [1.54, 1.807) is 11.9 Å². The standard InChI is InChI=1S/C28H40N2O3/c1-5-8-9-10-11-20-29-28(32)30(4)25-15-12-14-24(21-25)22-16-18-23(19-17-22)26(13-6-2)27(31)33-7-3/h12,14-19,21,26H,5-11,13,20H2,1-4H3,(H,29,32). The Balaban J connectivity index is 2.04. The Hall–Kier alpha value is -2.82. The molecule has 0 bridgehead atoms. The molecule has 0 radical (unpaired) electrons.